The highest BCUT2D eigenvalue weighted by Crippen LogP contribution is 2.48. The standard InChI is InChI=1S/C23H19FN4O4S/c24-11-5-6-15-16(9-11)28-23(27-15)33(31)18-8-7-17(32-18)19-12-3-1-2-4-14(12)26-20-13(19)10-25-21(20)22(29)30/h5-10,19,25-26H,1-4H2,(H,27,28)(H,29,30). The van der Waals surface area contributed by atoms with Crippen LogP contribution in [0, 0.1) is 5.82 Å². The monoisotopic (exact) mass is 466 g/mol. The number of anilines is 1. The third-order valence-corrected chi connectivity index (χ3v) is 7.37. The zero-order valence-electron chi connectivity index (χ0n) is 17.3. The maximum absolute atomic E-state index is 13.5. The molecule has 0 saturated heterocycles. The molecule has 1 aromatic carbocycles. The SMILES string of the molecule is O=C(O)c1[nH]cc2c1NC1=C(CCCC1)C2c1ccc(S(=O)c2nc3ccc(F)cc3[nH]2)o1. The number of aromatic carboxylic acids is 1. The van der Waals surface area contributed by atoms with Crippen molar-refractivity contribution in [2.24, 2.45) is 0 Å². The van der Waals surface area contributed by atoms with Crippen LogP contribution in [0.5, 0.6) is 0 Å². The number of hydrogen-bond acceptors (Lipinski definition) is 5. The molecule has 0 amide bonds. The second kappa shape index (κ2) is 7.45. The van der Waals surface area contributed by atoms with Gasteiger partial charge in [-0.2, -0.15) is 0 Å². The van der Waals surface area contributed by atoms with Crippen LogP contribution in [0.2, 0.25) is 0 Å². The Kier molecular flexibility index (Phi) is 4.51. The van der Waals surface area contributed by atoms with Crippen molar-refractivity contribution in [3.05, 3.63) is 70.6 Å². The predicted molar refractivity (Wildman–Crippen MR) is 118 cm³/mol. The Morgan fingerprint density at radius 3 is 2.91 bits per heavy atom. The Morgan fingerprint density at radius 1 is 1.21 bits per heavy atom. The number of carboxylic acids is 1. The number of carboxylic acid groups (broad SMARTS) is 1. The van der Waals surface area contributed by atoms with E-state index < -0.39 is 22.6 Å². The first-order valence-corrected chi connectivity index (χ1v) is 11.7. The van der Waals surface area contributed by atoms with Crippen molar-refractivity contribution in [3.8, 4) is 0 Å². The molecule has 6 rings (SSSR count). The summed E-state index contributed by atoms with van der Waals surface area (Å²) in [5.41, 5.74) is 4.61. The minimum absolute atomic E-state index is 0.108. The molecule has 168 valence electrons. The molecule has 4 heterocycles. The molecule has 1 aliphatic heterocycles. The van der Waals surface area contributed by atoms with Crippen molar-refractivity contribution in [1.29, 1.82) is 0 Å². The van der Waals surface area contributed by atoms with Crippen molar-refractivity contribution < 1.29 is 22.9 Å². The number of allylic oxidation sites excluding steroid dienone is 2. The molecule has 3 aromatic heterocycles. The average Bonchev–Trinajstić information content (AvgIpc) is 3.54. The quantitative estimate of drug-likeness (QED) is 0.340. The van der Waals surface area contributed by atoms with Gasteiger partial charge < -0.3 is 24.8 Å². The van der Waals surface area contributed by atoms with Gasteiger partial charge in [-0.05, 0) is 61.6 Å². The molecule has 4 aromatic rings. The van der Waals surface area contributed by atoms with Gasteiger partial charge in [-0.25, -0.2) is 18.4 Å². The molecule has 33 heavy (non-hydrogen) atoms. The summed E-state index contributed by atoms with van der Waals surface area (Å²) in [5.74, 6) is -1.12. The molecule has 0 saturated carbocycles. The summed E-state index contributed by atoms with van der Waals surface area (Å²) in [5, 5.41) is 13.3. The first kappa shape index (κ1) is 20.0. The molecule has 1 aliphatic carbocycles. The van der Waals surface area contributed by atoms with E-state index in [4.69, 9.17) is 4.42 Å². The number of rotatable bonds is 4. The zero-order valence-corrected chi connectivity index (χ0v) is 18.1. The number of benzene rings is 1. The third kappa shape index (κ3) is 3.20. The van der Waals surface area contributed by atoms with E-state index in [1.807, 2.05) is 0 Å². The Balaban J connectivity index is 1.40. The highest BCUT2D eigenvalue weighted by molar-refractivity contribution is 7.84. The number of hydrogen-bond donors (Lipinski definition) is 4. The fourth-order valence-electron chi connectivity index (χ4n) is 4.75. The number of imidazole rings is 1. The molecular weight excluding hydrogens is 447 g/mol. The summed E-state index contributed by atoms with van der Waals surface area (Å²) in [6.07, 6.45) is 5.47. The van der Waals surface area contributed by atoms with E-state index in [0.717, 1.165) is 42.5 Å². The fourth-order valence-corrected chi connectivity index (χ4v) is 5.69. The maximum Gasteiger partial charge on any atom is 0.354 e. The molecule has 2 aliphatic rings. The Morgan fingerprint density at radius 2 is 2.06 bits per heavy atom. The van der Waals surface area contributed by atoms with Crippen molar-refractivity contribution in [2.75, 3.05) is 5.32 Å². The minimum Gasteiger partial charge on any atom is -0.477 e. The number of aromatic amines is 2. The van der Waals surface area contributed by atoms with Crippen LogP contribution < -0.4 is 5.32 Å². The second-order valence-electron chi connectivity index (χ2n) is 8.20. The highest BCUT2D eigenvalue weighted by atomic mass is 32.2. The van der Waals surface area contributed by atoms with Crippen LogP contribution in [0.4, 0.5) is 10.1 Å². The van der Waals surface area contributed by atoms with Crippen LogP contribution in [0.25, 0.3) is 11.0 Å². The molecule has 0 spiro atoms. The van der Waals surface area contributed by atoms with Gasteiger partial charge in [-0.15, -0.1) is 0 Å². The van der Waals surface area contributed by atoms with Gasteiger partial charge >= 0.3 is 5.97 Å². The van der Waals surface area contributed by atoms with Crippen molar-refractivity contribution >= 4 is 33.5 Å². The molecule has 0 radical (unpaired) electrons. The van der Waals surface area contributed by atoms with E-state index >= 15 is 0 Å². The van der Waals surface area contributed by atoms with Gasteiger partial charge in [0.15, 0.2) is 15.9 Å². The normalized spacial score (nSPS) is 18.6. The molecule has 4 N–H and O–H groups in total. The lowest BCUT2D eigenvalue weighted by Crippen LogP contribution is -2.21. The highest BCUT2D eigenvalue weighted by Gasteiger charge is 2.36. The van der Waals surface area contributed by atoms with Gasteiger partial charge in [0.05, 0.1) is 22.6 Å². The van der Waals surface area contributed by atoms with Crippen molar-refractivity contribution in [3.63, 3.8) is 0 Å². The largest absolute Gasteiger partial charge is 0.477 e. The molecule has 2 unspecified atom stereocenters. The maximum atomic E-state index is 13.5. The fraction of sp³-hybridized carbons (Fsp3) is 0.217. The van der Waals surface area contributed by atoms with Crippen LogP contribution in [0.3, 0.4) is 0 Å². The summed E-state index contributed by atoms with van der Waals surface area (Å²) < 4.78 is 32.7. The second-order valence-corrected chi connectivity index (χ2v) is 9.52. The summed E-state index contributed by atoms with van der Waals surface area (Å²) >= 11 is 0. The number of halogens is 1. The Hall–Kier alpha value is -3.66. The van der Waals surface area contributed by atoms with Crippen molar-refractivity contribution in [1.82, 2.24) is 15.0 Å². The Labute approximate surface area is 189 Å². The first-order valence-electron chi connectivity index (χ1n) is 10.6. The van der Waals surface area contributed by atoms with Gasteiger partial charge in [0.25, 0.3) is 0 Å². The molecule has 0 fully saturated rings. The minimum atomic E-state index is -1.73. The topological polar surface area (TPSA) is 124 Å². The van der Waals surface area contributed by atoms with Crippen LogP contribution in [0.15, 0.2) is 62.5 Å². The number of aromatic nitrogens is 3. The van der Waals surface area contributed by atoms with Crippen LogP contribution in [-0.2, 0) is 10.8 Å². The van der Waals surface area contributed by atoms with Gasteiger partial charge in [0, 0.05) is 17.5 Å². The number of nitrogens with one attached hydrogen (secondary N) is 3. The van der Waals surface area contributed by atoms with Crippen molar-refractivity contribution in [2.45, 2.75) is 41.8 Å². The average molecular weight is 466 g/mol. The van der Waals surface area contributed by atoms with E-state index in [1.165, 1.54) is 18.2 Å². The van der Waals surface area contributed by atoms with Crippen LogP contribution in [0.1, 0.15) is 53.4 Å². The smallest absolute Gasteiger partial charge is 0.354 e. The summed E-state index contributed by atoms with van der Waals surface area (Å²) in [6.45, 7) is 0. The van der Waals surface area contributed by atoms with Gasteiger partial charge in [-0.3, -0.25) is 0 Å². The Bertz CT molecular complexity index is 1480. The lowest BCUT2D eigenvalue weighted by molar-refractivity contribution is 0.0692. The number of fused-ring (bicyclic) bond motifs is 2. The lowest BCUT2D eigenvalue weighted by Gasteiger charge is -2.32. The predicted octanol–water partition coefficient (Wildman–Crippen LogP) is 4.87. The number of carbonyl (C=O) groups is 1. The van der Waals surface area contributed by atoms with Crippen LogP contribution in [-0.4, -0.2) is 30.2 Å². The van der Waals surface area contributed by atoms with E-state index in [-0.39, 0.29) is 21.9 Å². The van der Waals surface area contributed by atoms with E-state index in [9.17, 15) is 18.5 Å². The molecule has 8 nitrogen and oxygen atoms in total. The first-order chi connectivity index (χ1) is 16.0. The number of H-pyrrole nitrogens is 2. The van der Waals surface area contributed by atoms with E-state index in [1.54, 1.807) is 18.3 Å². The molecular formula is C23H19FN4O4S. The third-order valence-electron chi connectivity index (χ3n) is 6.24. The van der Waals surface area contributed by atoms with E-state index in [0.29, 0.717) is 22.5 Å². The molecule has 2 atom stereocenters. The van der Waals surface area contributed by atoms with E-state index in [2.05, 4.69) is 20.3 Å². The van der Waals surface area contributed by atoms with Gasteiger partial charge in [-0.1, -0.05) is 0 Å². The zero-order chi connectivity index (χ0) is 22.7. The van der Waals surface area contributed by atoms with Crippen LogP contribution >= 0.6 is 0 Å². The van der Waals surface area contributed by atoms with Gasteiger partial charge in [0.1, 0.15) is 17.3 Å². The number of furan rings is 1. The summed E-state index contributed by atoms with van der Waals surface area (Å²) in [4.78, 5) is 21.8. The molecule has 10 heteroatoms. The molecule has 0 bridgehead atoms. The summed E-state index contributed by atoms with van der Waals surface area (Å²) in [6, 6.07) is 7.55. The number of nitrogens with zero attached hydrogens (tertiary/aromatic N) is 1. The summed E-state index contributed by atoms with van der Waals surface area (Å²) in [7, 11) is -1.73. The lowest BCUT2D eigenvalue weighted by atomic mass is 9.79. The van der Waals surface area contributed by atoms with Gasteiger partial charge in [0.2, 0.25) is 5.16 Å².